The van der Waals surface area contributed by atoms with Gasteiger partial charge in [0.25, 0.3) is 0 Å². The maximum absolute atomic E-state index is 14.4. The van der Waals surface area contributed by atoms with Gasteiger partial charge in [-0.05, 0) is 67.9 Å². The molecule has 1 spiro atoms. The number of aliphatic hydroxyl groups excluding tert-OH is 2. The van der Waals surface area contributed by atoms with Gasteiger partial charge in [0.05, 0.1) is 0 Å². The van der Waals surface area contributed by atoms with Crippen LogP contribution in [0.1, 0.15) is 58.9 Å². The second-order valence-electron chi connectivity index (χ2n) is 12.1. The van der Waals surface area contributed by atoms with Crippen molar-refractivity contribution >= 4 is 22.6 Å². The summed E-state index contributed by atoms with van der Waals surface area (Å²) in [7, 11) is 0. The van der Waals surface area contributed by atoms with Gasteiger partial charge in [-0.3, -0.25) is 9.59 Å². The second kappa shape index (κ2) is 11.0. The van der Waals surface area contributed by atoms with Crippen LogP contribution in [0.3, 0.4) is 0 Å². The van der Waals surface area contributed by atoms with Gasteiger partial charge in [0.15, 0.2) is 5.78 Å². The van der Waals surface area contributed by atoms with Crippen LogP contribution in [0, 0.1) is 29.1 Å². The fourth-order valence-corrected chi connectivity index (χ4v) is 7.64. The van der Waals surface area contributed by atoms with Crippen molar-refractivity contribution in [2.45, 2.75) is 71.6 Å². The van der Waals surface area contributed by atoms with Crippen molar-refractivity contribution in [2.24, 2.45) is 29.1 Å². The molecule has 0 radical (unpaired) electrons. The topological polar surface area (TPSA) is 102 Å². The summed E-state index contributed by atoms with van der Waals surface area (Å²) in [5.41, 5.74) is 2.68. The highest BCUT2D eigenvalue weighted by atomic mass is 16.3. The second-order valence-corrected chi connectivity index (χ2v) is 12.1. The van der Waals surface area contributed by atoms with Crippen LogP contribution in [0.25, 0.3) is 10.9 Å². The fourth-order valence-electron chi connectivity index (χ4n) is 7.64. The van der Waals surface area contributed by atoms with Crippen molar-refractivity contribution in [2.75, 3.05) is 0 Å². The van der Waals surface area contributed by atoms with Crippen molar-refractivity contribution in [1.82, 2.24) is 10.3 Å². The van der Waals surface area contributed by atoms with Gasteiger partial charge < -0.3 is 20.5 Å². The summed E-state index contributed by atoms with van der Waals surface area (Å²) in [5, 5.41) is 25.9. The number of nitrogens with one attached hydrogen (secondary N) is 2. The number of fused-ring (bicyclic) bond motifs is 1. The standard InChI is InChI=1S/C34H42N2O4/c1-6-24-20(3)17-23-11-9-10-19(2)16-21(4)32(39)28(37)14-15-29(38)34(23)30(24)31(36-33(34)40)22(5)26-18-35-27-13-8-7-12-25(26)27/h7-9,11-19,22-24,28,30-32,35,37,39H,6,10H2,1-5H3,(H,36,40)/b11-9+,15-14+,21-16+/t19-,22+,23-,24+,28-,30-,31-,32+,34+/m0/s1. The van der Waals surface area contributed by atoms with Crippen LogP contribution in [0.5, 0.6) is 0 Å². The summed E-state index contributed by atoms with van der Waals surface area (Å²) in [6, 6.07) is 7.90. The van der Waals surface area contributed by atoms with Crippen LogP contribution in [0.4, 0.5) is 0 Å². The Balaban J connectivity index is 1.66. The number of aromatic nitrogens is 1. The molecule has 0 unspecified atom stereocenters. The van der Waals surface area contributed by atoms with E-state index in [2.05, 4.69) is 56.2 Å². The number of H-pyrrole nitrogens is 1. The molecule has 6 nitrogen and oxygen atoms in total. The molecule has 2 heterocycles. The number of aromatic amines is 1. The van der Waals surface area contributed by atoms with Gasteiger partial charge in [0.2, 0.25) is 5.91 Å². The first kappa shape index (κ1) is 28.3. The highest BCUT2D eigenvalue weighted by molar-refractivity contribution is 6.14. The molecule has 0 saturated carbocycles. The number of rotatable bonds is 3. The Hall–Kier alpha value is -3.22. The van der Waals surface area contributed by atoms with Crippen molar-refractivity contribution < 1.29 is 19.8 Å². The van der Waals surface area contributed by atoms with Crippen LogP contribution >= 0.6 is 0 Å². The minimum Gasteiger partial charge on any atom is -0.386 e. The lowest BCUT2D eigenvalue weighted by Crippen LogP contribution is -2.52. The van der Waals surface area contributed by atoms with Crippen LogP contribution in [0.2, 0.25) is 0 Å². The fraction of sp³-hybridized carbons (Fsp3) is 0.471. The molecular weight excluding hydrogens is 500 g/mol. The van der Waals surface area contributed by atoms with Crippen molar-refractivity contribution in [3.05, 3.63) is 83.6 Å². The summed E-state index contributed by atoms with van der Waals surface area (Å²) in [6.07, 6.45) is 12.0. The maximum Gasteiger partial charge on any atom is 0.235 e. The predicted octanol–water partition coefficient (Wildman–Crippen LogP) is 5.36. The first-order valence-electron chi connectivity index (χ1n) is 14.6. The van der Waals surface area contributed by atoms with E-state index in [0.29, 0.717) is 12.0 Å². The van der Waals surface area contributed by atoms with E-state index in [4.69, 9.17) is 0 Å². The van der Waals surface area contributed by atoms with Crippen LogP contribution < -0.4 is 5.32 Å². The van der Waals surface area contributed by atoms with E-state index in [1.54, 1.807) is 6.92 Å². The van der Waals surface area contributed by atoms with Crippen molar-refractivity contribution in [3.8, 4) is 0 Å². The molecule has 40 heavy (non-hydrogen) atoms. The van der Waals surface area contributed by atoms with E-state index in [1.807, 2.05) is 36.5 Å². The van der Waals surface area contributed by atoms with Crippen molar-refractivity contribution in [1.29, 1.82) is 0 Å². The number of hydrogen-bond acceptors (Lipinski definition) is 4. The molecule has 0 bridgehead atoms. The first-order chi connectivity index (χ1) is 19.1. The molecule has 1 aromatic carbocycles. The predicted molar refractivity (Wildman–Crippen MR) is 158 cm³/mol. The minimum absolute atomic E-state index is 0.0349. The zero-order chi connectivity index (χ0) is 28.8. The number of ketones is 1. The zero-order valence-electron chi connectivity index (χ0n) is 24.1. The summed E-state index contributed by atoms with van der Waals surface area (Å²) >= 11 is 0. The third kappa shape index (κ3) is 4.51. The van der Waals surface area contributed by atoms with Gasteiger partial charge in [-0.25, -0.2) is 0 Å². The molecule has 1 amide bonds. The van der Waals surface area contributed by atoms with Crippen LogP contribution in [-0.2, 0) is 9.59 Å². The molecule has 3 aliphatic rings. The lowest BCUT2D eigenvalue weighted by Gasteiger charge is -2.46. The quantitative estimate of drug-likeness (QED) is 0.310. The molecule has 1 fully saturated rings. The van der Waals surface area contributed by atoms with Gasteiger partial charge in [-0.1, -0.05) is 68.8 Å². The van der Waals surface area contributed by atoms with Gasteiger partial charge in [-0.2, -0.15) is 0 Å². The highest BCUT2D eigenvalue weighted by Crippen LogP contribution is 2.57. The van der Waals surface area contributed by atoms with Gasteiger partial charge in [0.1, 0.15) is 17.6 Å². The van der Waals surface area contributed by atoms with E-state index in [0.717, 1.165) is 22.9 Å². The number of amides is 1. The van der Waals surface area contributed by atoms with Gasteiger partial charge in [0, 0.05) is 40.9 Å². The number of para-hydroxylation sites is 1. The maximum atomic E-state index is 14.4. The third-order valence-corrected chi connectivity index (χ3v) is 9.70. The summed E-state index contributed by atoms with van der Waals surface area (Å²) in [4.78, 5) is 32.0. The van der Waals surface area contributed by atoms with Gasteiger partial charge >= 0.3 is 0 Å². The molecular formula is C34H42N2O4. The largest absolute Gasteiger partial charge is 0.386 e. The Morgan fingerprint density at radius 1 is 1.07 bits per heavy atom. The van der Waals surface area contributed by atoms with E-state index in [9.17, 15) is 19.8 Å². The lowest BCUT2D eigenvalue weighted by molar-refractivity contribution is -0.142. The minimum atomic E-state index is -1.34. The average Bonchev–Trinajstić information content (AvgIpc) is 3.50. The molecule has 6 heteroatoms. The Morgan fingerprint density at radius 2 is 1.82 bits per heavy atom. The molecule has 1 aliphatic heterocycles. The Kier molecular flexibility index (Phi) is 7.77. The van der Waals surface area contributed by atoms with E-state index in [-0.39, 0.29) is 41.4 Å². The SMILES string of the molecule is CC[C@@H]1C(C)=C[C@@H]2/C=C/C[C@H](C)/C=C(\C)[C@@H](O)[C@@H](O)/C=C/C(=O)[C@]23C(=O)N[C@@H]([C@H](C)c2c[nH]c4ccccc24)[C@H]13. The molecule has 9 atom stereocenters. The van der Waals surface area contributed by atoms with E-state index < -0.39 is 23.5 Å². The highest BCUT2D eigenvalue weighted by Gasteiger charge is 2.66. The Labute approximate surface area is 236 Å². The summed E-state index contributed by atoms with van der Waals surface area (Å²) in [5.74, 6) is -1.17. The number of hydrogen-bond donors (Lipinski definition) is 4. The number of benzene rings is 1. The number of allylic oxidation sites excluding steroid dienone is 6. The average molecular weight is 543 g/mol. The third-order valence-electron chi connectivity index (χ3n) is 9.70. The monoisotopic (exact) mass is 542 g/mol. The summed E-state index contributed by atoms with van der Waals surface area (Å²) < 4.78 is 0. The van der Waals surface area contributed by atoms with Gasteiger partial charge in [-0.15, -0.1) is 0 Å². The molecule has 212 valence electrons. The molecule has 4 N–H and O–H groups in total. The first-order valence-corrected chi connectivity index (χ1v) is 14.6. The smallest absolute Gasteiger partial charge is 0.235 e. The van der Waals surface area contributed by atoms with E-state index in [1.165, 1.54) is 17.7 Å². The zero-order valence-corrected chi connectivity index (χ0v) is 24.1. The Morgan fingerprint density at radius 3 is 2.58 bits per heavy atom. The summed E-state index contributed by atoms with van der Waals surface area (Å²) in [6.45, 7) is 10.2. The molecule has 5 rings (SSSR count). The van der Waals surface area contributed by atoms with Crippen LogP contribution in [-0.4, -0.2) is 45.1 Å². The lowest BCUT2D eigenvalue weighted by atomic mass is 9.53. The normalized spacial score (nSPS) is 38.4. The molecule has 2 aromatic rings. The number of carbonyl (C=O) groups excluding carboxylic acids is 2. The Bertz CT molecular complexity index is 1410. The van der Waals surface area contributed by atoms with Crippen LogP contribution in [0.15, 0.2) is 78.1 Å². The number of carbonyl (C=O) groups is 2. The molecule has 1 aromatic heterocycles. The van der Waals surface area contributed by atoms with E-state index >= 15 is 0 Å². The van der Waals surface area contributed by atoms with Crippen molar-refractivity contribution in [3.63, 3.8) is 0 Å². The molecule has 1 saturated heterocycles. The number of aliphatic hydroxyl groups is 2. The molecule has 2 aliphatic carbocycles.